The highest BCUT2D eigenvalue weighted by Crippen LogP contribution is 2.23. The number of nitrogens with zero attached hydrogens (tertiary/aromatic N) is 3. The number of carbonyl (C=O) groups excluding carboxylic acids is 2. The highest BCUT2D eigenvalue weighted by atomic mass is 32.1. The summed E-state index contributed by atoms with van der Waals surface area (Å²) in [6, 6.07) is 0. The second-order valence-electron chi connectivity index (χ2n) is 3.35. The summed E-state index contributed by atoms with van der Waals surface area (Å²) in [5.41, 5.74) is 0.646. The summed E-state index contributed by atoms with van der Waals surface area (Å²) in [7, 11) is 1.20. The minimum atomic E-state index is -0.712. The van der Waals surface area contributed by atoms with Gasteiger partial charge in [0.05, 0.1) is 7.11 Å². The molecule has 0 fully saturated rings. The van der Waals surface area contributed by atoms with Crippen molar-refractivity contribution in [3.63, 3.8) is 0 Å². The SMILES string of the molecule is COC(=O)COC(=O)c1snnc1-c1coc(C)n1. The molecule has 0 unspecified atom stereocenters. The van der Waals surface area contributed by atoms with E-state index >= 15 is 0 Å². The average Bonchev–Trinajstić information content (AvgIpc) is 3.03. The molecular weight excluding hydrogens is 274 g/mol. The van der Waals surface area contributed by atoms with Gasteiger partial charge in [0.25, 0.3) is 0 Å². The van der Waals surface area contributed by atoms with Crippen LogP contribution in [0.1, 0.15) is 15.6 Å². The molecule has 9 heteroatoms. The van der Waals surface area contributed by atoms with Crippen LogP contribution >= 0.6 is 11.5 Å². The summed E-state index contributed by atoms with van der Waals surface area (Å²) in [6.07, 6.45) is 1.36. The molecule has 0 bridgehead atoms. The maximum Gasteiger partial charge on any atom is 0.352 e. The van der Waals surface area contributed by atoms with Crippen molar-refractivity contribution >= 4 is 23.5 Å². The topological polar surface area (TPSA) is 104 Å². The Kier molecular flexibility index (Phi) is 3.85. The van der Waals surface area contributed by atoms with Gasteiger partial charge in [-0.15, -0.1) is 5.10 Å². The largest absolute Gasteiger partial charge is 0.466 e. The second-order valence-corrected chi connectivity index (χ2v) is 4.11. The van der Waals surface area contributed by atoms with E-state index in [-0.39, 0.29) is 10.6 Å². The van der Waals surface area contributed by atoms with Crippen LogP contribution in [0.25, 0.3) is 11.4 Å². The van der Waals surface area contributed by atoms with Crippen molar-refractivity contribution in [3.05, 3.63) is 17.0 Å². The fourth-order valence-corrected chi connectivity index (χ4v) is 1.78. The Bertz CT molecular complexity index is 606. The molecule has 0 aromatic carbocycles. The molecule has 0 amide bonds. The zero-order chi connectivity index (χ0) is 13.8. The lowest BCUT2D eigenvalue weighted by Crippen LogP contribution is -2.14. The van der Waals surface area contributed by atoms with Crippen LogP contribution in [-0.4, -0.2) is 40.2 Å². The highest BCUT2D eigenvalue weighted by molar-refractivity contribution is 7.08. The van der Waals surface area contributed by atoms with Crippen molar-refractivity contribution in [1.82, 2.24) is 14.6 Å². The summed E-state index contributed by atoms with van der Waals surface area (Å²) in [6.45, 7) is 1.20. The first-order chi connectivity index (χ1) is 9.11. The summed E-state index contributed by atoms with van der Waals surface area (Å²) in [5.74, 6) is -0.919. The van der Waals surface area contributed by atoms with Gasteiger partial charge in [-0.1, -0.05) is 4.49 Å². The summed E-state index contributed by atoms with van der Waals surface area (Å²) in [4.78, 5) is 26.9. The lowest BCUT2D eigenvalue weighted by atomic mass is 10.3. The Labute approximate surface area is 111 Å². The molecule has 0 aliphatic rings. The lowest BCUT2D eigenvalue weighted by Gasteiger charge is -2.01. The molecule has 0 saturated heterocycles. The lowest BCUT2D eigenvalue weighted by molar-refractivity contribution is -0.144. The van der Waals surface area contributed by atoms with Gasteiger partial charge in [-0.2, -0.15) is 0 Å². The van der Waals surface area contributed by atoms with Crippen LogP contribution in [0.2, 0.25) is 0 Å². The van der Waals surface area contributed by atoms with Gasteiger partial charge < -0.3 is 13.9 Å². The van der Waals surface area contributed by atoms with E-state index in [1.54, 1.807) is 6.92 Å². The molecule has 0 spiro atoms. The Morgan fingerprint density at radius 3 is 2.89 bits per heavy atom. The second kappa shape index (κ2) is 5.57. The fourth-order valence-electron chi connectivity index (χ4n) is 1.21. The van der Waals surface area contributed by atoms with E-state index in [4.69, 9.17) is 9.15 Å². The van der Waals surface area contributed by atoms with Crippen LogP contribution in [-0.2, 0) is 14.3 Å². The molecule has 0 aliphatic carbocycles. The number of hydrogen-bond acceptors (Lipinski definition) is 9. The van der Waals surface area contributed by atoms with Crippen molar-refractivity contribution in [3.8, 4) is 11.4 Å². The van der Waals surface area contributed by atoms with Gasteiger partial charge in [0.2, 0.25) is 0 Å². The summed E-state index contributed by atoms with van der Waals surface area (Å²) in [5, 5.41) is 3.80. The van der Waals surface area contributed by atoms with E-state index in [0.29, 0.717) is 11.6 Å². The van der Waals surface area contributed by atoms with E-state index in [1.165, 1.54) is 13.4 Å². The Morgan fingerprint density at radius 1 is 1.47 bits per heavy atom. The van der Waals surface area contributed by atoms with Crippen LogP contribution in [0.4, 0.5) is 0 Å². The number of oxazole rings is 1. The molecule has 2 aromatic rings. The third-order valence-corrected chi connectivity index (χ3v) is 2.79. The van der Waals surface area contributed by atoms with Gasteiger partial charge in [0.1, 0.15) is 17.7 Å². The Balaban J connectivity index is 2.15. The molecule has 100 valence electrons. The molecular formula is C10H9N3O5S. The third-order valence-electron chi connectivity index (χ3n) is 2.08. The van der Waals surface area contributed by atoms with Gasteiger partial charge >= 0.3 is 11.9 Å². The van der Waals surface area contributed by atoms with Crippen LogP contribution in [0, 0.1) is 6.92 Å². The van der Waals surface area contributed by atoms with Crippen LogP contribution in [0.3, 0.4) is 0 Å². The quantitative estimate of drug-likeness (QED) is 0.760. The predicted octanol–water partition coefficient (Wildman–Crippen LogP) is 0.831. The minimum absolute atomic E-state index is 0.150. The van der Waals surface area contributed by atoms with E-state index in [0.717, 1.165) is 11.5 Å². The van der Waals surface area contributed by atoms with Gasteiger partial charge in [-0.3, -0.25) is 0 Å². The zero-order valence-corrected chi connectivity index (χ0v) is 10.9. The van der Waals surface area contributed by atoms with Crippen molar-refractivity contribution in [2.24, 2.45) is 0 Å². The van der Waals surface area contributed by atoms with E-state index in [1.807, 2.05) is 0 Å². The van der Waals surface area contributed by atoms with Crippen molar-refractivity contribution in [2.75, 3.05) is 13.7 Å². The van der Waals surface area contributed by atoms with Crippen LogP contribution in [0.15, 0.2) is 10.7 Å². The number of ether oxygens (including phenoxy) is 2. The molecule has 0 aliphatic heterocycles. The number of rotatable bonds is 4. The Hall–Kier alpha value is -2.29. The molecule has 0 saturated carbocycles. The standard InChI is InChI=1S/C10H9N3O5S/c1-5-11-6(3-17-5)8-9(19-13-12-8)10(15)18-4-7(14)16-2/h3H,4H2,1-2H3. The molecule has 2 rings (SSSR count). The molecule has 2 aromatic heterocycles. The molecule has 0 N–H and O–H groups in total. The number of methoxy groups -OCH3 is 1. The smallest absolute Gasteiger partial charge is 0.352 e. The van der Waals surface area contributed by atoms with Crippen molar-refractivity contribution in [2.45, 2.75) is 6.92 Å². The summed E-state index contributed by atoms with van der Waals surface area (Å²) < 4.78 is 17.8. The first kappa shape index (κ1) is 13.1. The van der Waals surface area contributed by atoms with Crippen LogP contribution < -0.4 is 0 Å². The maximum atomic E-state index is 11.8. The van der Waals surface area contributed by atoms with E-state index in [9.17, 15) is 9.59 Å². The average molecular weight is 283 g/mol. The highest BCUT2D eigenvalue weighted by Gasteiger charge is 2.22. The molecule has 8 nitrogen and oxygen atoms in total. The number of carbonyl (C=O) groups is 2. The van der Waals surface area contributed by atoms with E-state index < -0.39 is 18.5 Å². The van der Waals surface area contributed by atoms with Crippen molar-refractivity contribution < 1.29 is 23.5 Å². The number of hydrogen-bond donors (Lipinski definition) is 0. The first-order valence-electron chi connectivity index (χ1n) is 5.10. The van der Waals surface area contributed by atoms with Gasteiger partial charge in [0, 0.05) is 6.92 Å². The first-order valence-corrected chi connectivity index (χ1v) is 5.88. The minimum Gasteiger partial charge on any atom is -0.466 e. The van der Waals surface area contributed by atoms with Gasteiger partial charge in [-0.05, 0) is 11.5 Å². The van der Waals surface area contributed by atoms with Gasteiger partial charge in [0.15, 0.2) is 17.4 Å². The number of aromatic nitrogens is 3. The van der Waals surface area contributed by atoms with E-state index in [2.05, 4.69) is 19.3 Å². The van der Waals surface area contributed by atoms with Gasteiger partial charge in [-0.25, -0.2) is 14.6 Å². The monoisotopic (exact) mass is 283 g/mol. The predicted molar refractivity (Wildman–Crippen MR) is 62.4 cm³/mol. The molecule has 19 heavy (non-hydrogen) atoms. The van der Waals surface area contributed by atoms with Crippen molar-refractivity contribution in [1.29, 1.82) is 0 Å². The zero-order valence-electron chi connectivity index (χ0n) is 10.1. The third kappa shape index (κ3) is 2.94. The molecule has 0 radical (unpaired) electrons. The molecule has 2 heterocycles. The maximum absolute atomic E-state index is 11.8. The number of aryl methyl sites for hydroxylation is 1. The fraction of sp³-hybridized carbons (Fsp3) is 0.300. The van der Waals surface area contributed by atoms with Crippen LogP contribution in [0.5, 0.6) is 0 Å². The Morgan fingerprint density at radius 2 is 2.26 bits per heavy atom. The number of esters is 2. The molecule has 0 atom stereocenters. The summed E-state index contributed by atoms with van der Waals surface area (Å²) >= 11 is 0.852. The normalized spacial score (nSPS) is 10.2.